The quantitative estimate of drug-likeness (QED) is 0.0178. The van der Waals surface area contributed by atoms with Crippen molar-refractivity contribution in [1.82, 2.24) is 0 Å². The zero-order valence-electron chi connectivity index (χ0n) is 33.8. The average Bonchev–Trinajstić information content (AvgIpc) is 3.14. The molecule has 0 amide bonds. The lowest BCUT2D eigenvalue weighted by molar-refractivity contribution is -0.161. The van der Waals surface area contributed by atoms with Gasteiger partial charge in [-0.2, -0.15) is 0 Å². The van der Waals surface area contributed by atoms with Gasteiger partial charge in [-0.05, 0) is 64.2 Å². The highest BCUT2D eigenvalue weighted by molar-refractivity contribution is 7.47. The number of hydrogen-bond acceptors (Lipinski definition) is 9. The number of aliphatic carboxylic acids is 1. The number of esters is 2. The minimum atomic E-state index is -4.72. The van der Waals surface area contributed by atoms with Crippen LogP contribution in [-0.4, -0.2) is 59.9 Å². The van der Waals surface area contributed by atoms with E-state index in [2.05, 4.69) is 54.8 Å². The number of allylic oxidation sites excluding steroid dienone is 6. The van der Waals surface area contributed by atoms with Crippen molar-refractivity contribution in [2.75, 3.05) is 19.8 Å². The summed E-state index contributed by atoms with van der Waals surface area (Å²) in [5.74, 6) is -2.42. The third-order valence-electron chi connectivity index (χ3n) is 8.89. The number of rotatable bonds is 39. The molecule has 0 radical (unpaired) electrons. The Balaban J connectivity index is 4.44. The van der Waals surface area contributed by atoms with Gasteiger partial charge in [-0.25, -0.2) is 4.57 Å². The van der Waals surface area contributed by atoms with Crippen LogP contribution in [0.3, 0.4) is 0 Å². The van der Waals surface area contributed by atoms with Crippen molar-refractivity contribution in [1.29, 1.82) is 0 Å². The van der Waals surface area contributed by atoms with Crippen molar-refractivity contribution in [3.63, 3.8) is 0 Å². The second-order valence-corrected chi connectivity index (χ2v) is 15.6. The number of carboxylic acid groups (broad SMARTS) is 1. The molecule has 3 atom stereocenters. The van der Waals surface area contributed by atoms with Gasteiger partial charge in [0.25, 0.3) is 0 Å². The lowest BCUT2D eigenvalue weighted by Gasteiger charge is -2.20. The summed E-state index contributed by atoms with van der Waals surface area (Å²) in [5.41, 5.74) is 5.32. The number of carbonyl (C=O) groups excluding carboxylic acids is 2. The number of ether oxygens (including phenoxy) is 2. The van der Waals surface area contributed by atoms with Gasteiger partial charge in [-0.15, -0.1) is 0 Å². The van der Waals surface area contributed by atoms with E-state index in [4.69, 9.17) is 24.8 Å². The third kappa shape index (κ3) is 36.7. The fraction of sp³-hybridized carbons (Fsp3) is 0.786. The molecule has 0 bridgehead atoms. The maximum Gasteiger partial charge on any atom is 0.472 e. The molecule has 1 unspecified atom stereocenters. The SMILES string of the molecule is CCCCCC/C=C/C=C/CCCCCCCC(=O)O[C@H](COC(=O)CCCCC/C=C/CCCCCCCCCC)COP(=O)(O)OC[C@H](N)C(=O)O. The molecular weight excluding hydrogens is 709 g/mol. The van der Waals surface area contributed by atoms with Crippen LogP contribution >= 0.6 is 7.82 Å². The Bertz CT molecular complexity index is 1060. The monoisotopic (exact) mass is 786 g/mol. The molecule has 0 saturated carbocycles. The summed E-state index contributed by atoms with van der Waals surface area (Å²) >= 11 is 0. The molecule has 314 valence electrons. The van der Waals surface area contributed by atoms with Gasteiger partial charge in [0.2, 0.25) is 0 Å². The Hall–Kier alpha value is -2.30. The average molecular weight is 786 g/mol. The number of hydrogen-bond donors (Lipinski definition) is 3. The van der Waals surface area contributed by atoms with Gasteiger partial charge in [-0.1, -0.05) is 140 Å². The van der Waals surface area contributed by atoms with Crippen molar-refractivity contribution in [2.45, 2.75) is 193 Å². The van der Waals surface area contributed by atoms with Crippen molar-refractivity contribution in [3.05, 3.63) is 36.5 Å². The summed E-state index contributed by atoms with van der Waals surface area (Å²) in [4.78, 5) is 45.9. The van der Waals surface area contributed by atoms with Crippen molar-refractivity contribution in [2.24, 2.45) is 5.73 Å². The van der Waals surface area contributed by atoms with E-state index < -0.39 is 51.1 Å². The second-order valence-electron chi connectivity index (χ2n) is 14.1. The fourth-order valence-electron chi connectivity index (χ4n) is 5.52. The molecule has 0 heterocycles. The van der Waals surface area contributed by atoms with Crippen LogP contribution in [0.15, 0.2) is 36.5 Å². The molecule has 0 aromatic heterocycles. The van der Waals surface area contributed by atoms with Crippen LogP contribution in [0.4, 0.5) is 0 Å². The number of carbonyl (C=O) groups is 3. The number of nitrogens with two attached hydrogens (primary N) is 1. The van der Waals surface area contributed by atoms with Gasteiger partial charge < -0.3 is 25.2 Å². The minimum absolute atomic E-state index is 0.141. The molecule has 0 aromatic rings. The highest BCUT2D eigenvalue weighted by atomic mass is 31.2. The Kier molecular flexibility index (Phi) is 36.0. The van der Waals surface area contributed by atoms with Crippen molar-refractivity contribution in [3.8, 4) is 0 Å². The van der Waals surface area contributed by atoms with Gasteiger partial charge in [0.15, 0.2) is 6.10 Å². The van der Waals surface area contributed by atoms with E-state index in [0.29, 0.717) is 12.8 Å². The van der Waals surface area contributed by atoms with E-state index in [0.717, 1.165) is 64.2 Å². The van der Waals surface area contributed by atoms with Gasteiger partial charge in [0.05, 0.1) is 13.2 Å². The van der Waals surface area contributed by atoms with E-state index in [1.165, 1.54) is 77.0 Å². The molecule has 54 heavy (non-hydrogen) atoms. The van der Waals surface area contributed by atoms with Crippen LogP contribution < -0.4 is 5.73 Å². The maximum absolute atomic E-state index is 12.6. The third-order valence-corrected chi connectivity index (χ3v) is 9.84. The summed E-state index contributed by atoms with van der Waals surface area (Å²) in [6.07, 6.45) is 39.2. The molecule has 11 nitrogen and oxygen atoms in total. The summed E-state index contributed by atoms with van der Waals surface area (Å²) in [6.45, 7) is 2.74. The van der Waals surface area contributed by atoms with Crippen LogP contribution in [0.1, 0.15) is 181 Å². The van der Waals surface area contributed by atoms with E-state index >= 15 is 0 Å². The van der Waals surface area contributed by atoms with Crippen LogP contribution in [0, 0.1) is 0 Å². The number of phosphoric acid groups is 1. The van der Waals surface area contributed by atoms with Gasteiger partial charge in [0.1, 0.15) is 12.6 Å². The van der Waals surface area contributed by atoms with E-state index in [-0.39, 0.29) is 19.4 Å². The highest BCUT2D eigenvalue weighted by Gasteiger charge is 2.28. The minimum Gasteiger partial charge on any atom is -0.480 e. The number of unbranched alkanes of at least 4 members (excludes halogenated alkanes) is 20. The van der Waals surface area contributed by atoms with Crippen LogP contribution in [0.5, 0.6) is 0 Å². The summed E-state index contributed by atoms with van der Waals surface area (Å²) in [6, 6.07) is -1.53. The van der Waals surface area contributed by atoms with Gasteiger partial charge in [-0.3, -0.25) is 23.4 Å². The molecule has 0 aliphatic carbocycles. The predicted molar refractivity (Wildman–Crippen MR) is 217 cm³/mol. The zero-order chi connectivity index (χ0) is 40.0. The first-order valence-electron chi connectivity index (χ1n) is 21.0. The maximum atomic E-state index is 12.6. The topological polar surface area (TPSA) is 172 Å². The summed E-state index contributed by atoms with van der Waals surface area (Å²) in [5, 5.41) is 8.88. The normalized spacial score (nSPS) is 14.1. The predicted octanol–water partition coefficient (Wildman–Crippen LogP) is 10.8. The molecule has 0 rings (SSSR count). The molecule has 0 fully saturated rings. The fourth-order valence-corrected chi connectivity index (χ4v) is 6.30. The molecule has 0 aliphatic heterocycles. The van der Waals surface area contributed by atoms with Crippen LogP contribution in [-0.2, 0) is 37.5 Å². The number of carboxylic acids is 1. The molecule has 0 saturated heterocycles. The molecular formula is C42H76NO10P. The summed E-state index contributed by atoms with van der Waals surface area (Å²) < 4.78 is 32.6. The van der Waals surface area contributed by atoms with Crippen molar-refractivity contribution < 1.29 is 47.5 Å². The van der Waals surface area contributed by atoms with E-state index in [1.54, 1.807) is 0 Å². The Morgan fingerprint density at radius 3 is 1.50 bits per heavy atom. The van der Waals surface area contributed by atoms with Crippen LogP contribution in [0.2, 0.25) is 0 Å². The lowest BCUT2D eigenvalue weighted by Crippen LogP contribution is -2.34. The zero-order valence-corrected chi connectivity index (χ0v) is 34.7. The first-order valence-corrected chi connectivity index (χ1v) is 22.5. The molecule has 12 heteroatoms. The first kappa shape index (κ1) is 51.7. The Labute approximate surface area is 327 Å². The van der Waals surface area contributed by atoms with E-state index in [1.807, 2.05) is 0 Å². The first-order chi connectivity index (χ1) is 26.1. The Morgan fingerprint density at radius 1 is 0.574 bits per heavy atom. The lowest BCUT2D eigenvalue weighted by atomic mass is 10.1. The summed E-state index contributed by atoms with van der Waals surface area (Å²) in [7, 11) is -4.72. The van der Waals surface area contributed by atoms with Crippen molar-refractivity contribution >= 4 is 25.7 Å². The second kappa shape index (κ2) is 37.6. The van der Waals surface area contributed by atoms with Gasteiger partial charge in [0, 0.05) is 12.8 Å². The van der Waals surface area contributed by atoms with E-state index in [9.17, 15) is 23.8 Å². The highest BCUT2D eigenvalue weighted by Crippen LogP contribution is 2.43. The number of phosphoric ester groups is 1. The van der Waals surface area contributed by atoms with Gasteiger partial charge >= 0.3 is 25.7 Å². The largest absolute Gasteiger partial charge is 0.480 e. The molecule has 0 aromatic carbocycles. The molecule has 0 aliphatic rings. The molecule has 0 spiro atoms. The van der Waals surface area contributed by atoms with Crippen LogP contribution in [0.25, 0.3) is 0 Å². The molecule has 4 N–H and O–H groups in total. The Morgan fingerprint density at radius 2 is 0.981 bits per heavy atom. The smallest absolute Gasteiger partial charge is 0.472 e. The standard InChI is InChI=1S/C42H76NO10P/c1-3-5-7-9-11-13-15-17-19-21-23-25-27-29-31-33-40(44)50-35-38(36-51-54(48,49)52-37-39(43)42(46)47)53-41(45)34-32-30-28-26-24-22-20-18-16-14-12-10-8-6-4-2/h14,16,18,20-21,23,38-39H,3-13,15,17,19,22,24-37,43H2,1-2H3,(H,46,47)(H,48,49)/b16-14+,20-18+,23-21+/t38-,39+/m1/s1.